The summed E-state index contributed by atoms with van der Waals surface area (Å²) in [6.07, 6.45) is 0. The Hall–Kier alpha value is -0.340. The first-order valence-electron chi connectivity index (χ1n) is 5.44. The molecule has 2 heteroatoms. The van der Waals surface area contributed by atoms with Crippen LogP contribution < -0.4 is 0 Å². The smallest absolute Gasteiger partial charge is 0.0196 e. The summed E-state index contributed by atoms with van der Waals surface area (Å²) in [5, 5.41) is 0. The maximum Gasteiger partial charge on any atom is 0.0196 e. The maximum absolute atomic E-state index is 4.20. The van der Waals surface area contributed by atoms with Crippen LogP contribution >= 0.6 is 24.4 Å². The largest absolute Gasteiger partial charge is 0.175 e. The van der Waals surface area contributed by atoms with Gasteiger partial charge in [0.15, 0.2) is 0 Å². The minimum Gasteiger partial charge on any atom is -0.175 e. The van der Waals surface area contributed by atoms with Crippen LogP contribution in [0.5, 0.6) is 0 Å². The molecule has 0 atom stereocenters. The van der Waals surface area contributed by atoms with Crippen LogP contribution in [0.25, 0.3) is 0 Å². The molecule has 1 aromatic rings. The normalized spacial score (nSPS) is 11.5. The van der Waals surface area contributed by atoms with Crippen molar-refractivity contribution in [1.29, 1.82) is 0 Å². The number of thioether (sulfide) groups is 1. The van der Waals surface area contributed by atoms with Crippen LogP contribution in [0.3, 0.4) is 0 Å². The molecule has 0 fully saturated rings. The van der Waals surface area contributed by atoms with Crippen molar-refractivity contribution < 1.29 is 0 Å². The van der Waals surface area contributed by atoms with Crippen LogP contribution in [0, 0.1) is 0 Å². The van der Waals surface area contributed by atoms with E-state index in [9.17, 15) is 0 Å². The summed E-state index contributed by atoms with van der Waals surface area (Å²) in [6, 6.07) is 8.81. The van der Waals surface area contributed by atoms with Gasteiger partial charge in [-0.3, -0.25) is 0 Å². The molecule has 0 amide bonds. The Morgan fingerprint density at radius 3 is 2.25 bits per heavy atom. The average molecular weight is 252 g/mol. The summed E-state index contributed by atoms with van der Waals surface area (Å²) >= 11 is 6.03. The Morgan fingerprint density at radius 1 is 1.25 bits per heavy atom. The highest BCUT2D eigenvalue weighted by Gasteiger charge is 2.12. The van der Waals surface area contributed by atoms with E-state index in [0.717, 1.165) is 11.5 Å². The number of benzene rings is 1. The summed E-state index contributed by atoms with van der Waals surface area (Å²) < 4.78 is 0. The zero-order valence-electron chi connectivity index (χ0n) is 10.3. The lowest BCUT2D eigenvalue weighted by molar-refractivity contribution is 0.590. The zero-order valence-corrected chi connectivity index (χ0v) is 12.0. The van der Waals surface area contributed by atoms with Gasteiger partial charge in [-0.15, -0.1) is 11.8 Å². The average Bonchev–Trinajstić information content (AvgIpc) is 2.25. The van der Waals surface area contributed by atoms with Gasteiger partial charge in [-0.1, -0.05) is 45.1 Å². The SMILES string of the molecule is C=C(CS)CSc1ccc(C(C)(C)C)cc1. The molecule has 0 N–H and O–H groups in total. The molecule has 0 saturated heterocycles. The molecule has 0 saturated carbocycles. The van der Waals surface area contributed by atoms with E-state index in [0.29, 0.717) is 0 Å². The van der Waals surface area contributed by atoms with E-state index in [2.05, 4.69) is 64.2 Å². The van der Waals surface area contributed by atoms with Gasteiger partial charge in [-0.05, 0) is 23.1 Å². The Balaban J connectivity index is 2.62. The van der Waals surface area contributed by atoms with Crippen LogP contribution in [-0.2, 0) is 5.41 Å². The van der Waals surface area contributed by atoms with Crippen LogP contribution in [0.2, 0.25) is 0 Å². The first-order chi connectivity index (χ1) is 7.43. The van der Waals surface area contributed by atoms with Gasteiger partial charge in [0, 0.05) is 16.4 Å². The third kappa shape index (κ3) is 4.26. The number of hydrogen-bond acceptors (Lipinski definition) is 2. The number of thiol groups is 1. The summed E-state index contributed by atoms with van der Waals surface area (Å²) in [5.74, 6) is 1.73. The number of rotatable bonds is 4. The third-order valence-electron chi connectivity index (χ3n) is 2.39. The van der Waals surface area contributed by atoms with Gasteiger partial charge >= 0.3 is 0 Å². The van der Waals surface area contributed by atoms with Crippen molar-refractivity contribution in [2.45, 2.75) is 31.1 Å². The van der Waals surface area contributed by atoms with E-state index in [-0.39, 0.29) is 5.41 Å². The van der Waals surface area contributed by atoms with Crippen LogP contribution in [0.1, 0.15) is 26.3 Å². The van der Waals surface area contributed by atoms with Crippen LogP contribution in [0.4, 0.5) is 0 Å². The van der Waals surface area contributed by atoms with Crippen molar-refractivity contribution in [1.82, 2.24) is 0 Å². The molecule has 0 radical (unpaired) electrons. The Labute approximate surface area is 109 Å². The minimum atomic E-state index is 0.234. The lowest BCUT2D eigenvalue weighted by Gasteiger charge is -2.19. The minimum absolute atomic E-state index is 0.234. The van der Waals surface area contributed by atoms with E-state index in [4.69, 9.17) is 0 Å². The Bertz CT molecular complexity index is 344. The maximum atomic E-state index is 4.20. The van der Waals surface area contributed by atoms with Crippen molar-refractivity contribution in [2.24, 2.45) is 0 Å². The highest BCUT2D eigenvalue weighted by molar-refractivity contribution is 7.99. The number of hydrogen-bond donors (Lipinski definition) is 1. The molecule has 0 aliphatic rings. The zero-order chi connectivity index (χ0) is 12.2. The van der Waals surface area contributed by atoms with E-state index in [1.54, 1.807) is 0 Å². The molecule has 0 nitrogen and oxygen atoms in total. The van der Waals surface area contributed by atoms with Gasteiger partial charge in [-0.2, -0.15) is 12.6 Å². The van der Waals surface area contributed by atoms with E-state index in [1.165, 1.54) is 16.0 Å². The lowest BCUT2D eigenvalue weighted by atomic mass is 9.87. The molecule has 0 aliphatic carbocycles. The van der Waals surface area contributed by atoms with Gasteiger partial charge in [-0.25, -0.2) is 0 Å². The fourth-order valence-corrected chi connectivity index (χ4v) is 2.35. The van der Waals surface area contributed by atoms with Crippen LogP contribution in [0.15, 0.2) is 41.3 Å². The molecule has 0 aromatic heterocycles. The van der Waals surface area contributed by atoms with Crippen LogP contribution in [-0.4, -0.2) is 11.5 Å². The van der Waals surface area contributed by atoms with E-state index in [1.807, 2.05) is 11.8 Å². The summed E-state index contributed by atoms with van der Waals surface area (Å²) in [4.78, 5) is 1.30. The molecule has 0 unspecified atom stereocenters. The fourth-order valence-electron chi connectivity index (χ4n) is 1.28. The van der Waals surface area contributed by atoms with Crippen molar-refractivity contribution in [2.75, 3.05) is 11.5 Å². The molecule has 16 heavy (non-hydrogen) atoms. The first kappa shape index (κ1) is 13.7. The molecule has 1 aromatic carbocycles. The monoisotopic (exact) mass is 252 g/mol. The molecular weight excluding hydrogens is 232 g/mol. The summed E-state index contributed by atoms with van der Waals surface area (Å²) in [6.45, 7) is 10.6. The Morgan fingerprint density at radius 2 is 1.81 bits per heavy atom. The summed E-state index contributed by atoms with van der Waals surface area (Å²) in [7, 11) is 0. The van der Waals surface area contributed by atoms with Crippen molar-refractivity contribution in [3.05, 3.63) is 42.0 Å². The van der Waals surface area contributed by atoms with Gasteiger partial charge in [0.25, 0.3) is 0 Å². The topological polar surface area (TPSA) is 0 Å². The van der Waals surface area contributed by atoms with Crippen molar-refractivity contribution in [3.63, 3.8) is 0 Å². The van der Waals surface area contributed by atoms with Crippen molar-refractivity contribution >= 4 is 24.4 Å². The second-order valence-electron chi connectivity index (χ2n) is 4.97. The second kappa shape index (κ2) is 5.83. The lowest BCUT2D eigenvalue weighted by Crippen LogP contribution is -2.10. The molecule has 0 spiro atoms. The highest BCUT2D eigenvalue weighted by Crippen LogP contribution is 2.26. The van der Waals surface area contributed by atoms with Gasteiger partial charge in [0.05, 0.1) is 0 Å². The van der Waals surface area contributed by atoms with Gasteiger partial charge in [0.2, 0.25) is 0 Å². The highest BCUT2D eigenvalue weighted by atomic mass is 32.2. The van der Waals surface area contributed by atoms with E-state index >= 15 is 0 Å². The molecule has 0 aliphatic heterocycles. The fraction of sp³-hybridized carbons (Fsp3) is 0.429. The van der Waals surface area contributed by atoms with Gasteiger partial charge in [0.1, 0.15) is 0 Å². The van der Waals surface area contributed by atoms with Gasteiger partial charge < -0.3 is 0 Å². The molecule has 88 valence electrons. The standard InChI is InChI=1S/C14H20S2/c1-11(9-15)10-16-13-7-5-12(6-8-13)14(2,3)4/h5-8,15H,1,9-10H2,2-4H3. The molecule has 0 heterocycles. The third-order valence-corrected chi connectivity index (χ3v) is 3.99. The molecule has 0 bridgehead atoms. The first-order valence-corrected chi connectivity index (χ1v) is 7.06. The second-order valence-corrected chi connectivity index (χ2v) is 6.34. The summed E-state index contributed by atoms with van der Waals surface area (Å²) in [5.41, 5.74) is 2.79. The molecule has 1 rings (SSSR count). The van der Waals surface area contributed by atoms with E-state index < -0.39 is 0 Å². The predicted molar refractivity (Wildman–Crippen MR) is 78.9 cm³/mol. The molecular formula is C14H20S2. The van der Waals surface area contributed by atoms with Crippen molar-refractivity contribution in [3.8, 4) is 0 Å². The predicted octanol–water partition coefficient (Wildman–Crippen LogP) is 4.56. The quantitative estimate of drug-likeness (QED) is 0.465. The Kier molecular flexibility index (Phi) is 5.00.